The largest absolute Gasteiger partial charge is 0.361 e. The Morgan fingerprint density at radius 3 is 2.93 bits per heavy atom. The highest BCUT2D eigenvalue weighted by Gasteiger charge is 2.13. The second-order valence-corrected chi connectivity index (χ2v) is 3.43. The molecule has 1 heterocycles. The quantitative estimate of drug-likeness (QED) is 0.405. The van der Waals surface area contributed by atoms with E-state index in [-0.39, 0.29) is 0 Å². The molecule has 0 radical (unpaired) electrons. The van der Waals surface area contributed by atoms with Gasteiger partial charge in [-0.05, 0) is 38.3 Å². The summed E-state index contributed by atoms with van der Waals surface area (Å²) in [6.07, 6.45) is 4.96. The van der Waals surface area contributed by atoms with Crippen molar-refractivity contribution in [1.82, 2.24) is 0 Å². The maximum Gasteiger partial charge on any atom is 0.313 e. The average molecular weight is 192 g/mol. The van der Waals surface area contributed by atoms with Gasteiger partial charge in [-0.2, -0.15) is 4.79 Å². The van der Waals surface area contributed by atoms with Crippen molar-refractivity contribution >= 4 is 11.4 Å². The van der Waals surface area contributed by atoms with Crippen molar-refractivity contribution in [3.05, 3.63) is 17.2 Å². The maximum atomic E-state index is 8.57. The Morgan fingerprint density at radius 2 is 2.36 bits per heavy atom. The highest BCUT2D eigenvalue weighted by atomic mass is 14.9. The lowest BCUT2D eigenvalue weighted by molar-refractivity contribution is -0.00488. The van der Waals surface area contributed by atoms with Crippen LogP contribution in [0.25, 0.3) is 5.53 Å². The van der Waals surface area contributed by atoms with Crippen molar-refractivity contribution < 1.29 is 4.79 Å². The van der Waals surface area contributed by atoms with E-state index in [9.17, 15) is 0 Å². The molecule has 4 heteroatoms. The van der Waals surface area contributed by atoms with Crippen LogP contribution in [-0.4, -0.2) is 29.3 Å². The zero-order valence-corrected chi connectivity index (χ0v) is 8.53. The summed E-state index contributed by atoms with van der Waals surface area (Å²) in [5.74, 6) is 0. The molecule has 14 heavy (non-hydrogen) atoms. The van der Waals surface area contributed by atoms with Gasteiger partial charge in [0.25, 0.3) is 0 Å². The van der Waals surface area contributed by atoms with E-state index in [1.54, 1.807) is 0 Å². The van der Waals surface area contributed by atoms with Crippen molar-refractivity contribution in [2.45, 2.75) is 26.2 Å². The number of rotatable bonds is 4. The summed E-state index contributed by atoms with van der Waals surface area (Å²) in [6.45, 7) is 3.22. The van der Waals surface area contributed by atoms with Crippen LogP contribution < -0.4 is 5.73 Å². The van der Waals surface area contributed by atoms with Gasteiger partial charge in [0, 0.05) is 11.8 Å². The average Bonchev–Trinajstić information content (AvgIpc) is 2.20. The van der Waals surface area contributed by atoms with Gasteiger partial charge in [0.15, 0.2) is 0 Å². The number of nitrogens with two attached hydrogens (primary N) is 1. The van der Waals surface area contributed by atoms with Gasteiger partial charge in [-0.15, -0.1) is 0 Å². The molecule has 0 spiro atoms. The van der Waals surface area contributed by atoms with Gasteiger partial charge in [-0.25, -0.2) is 0 Å². The Bertz CT molecular complexity index is 308. The molecule has 0 fully saturated rings. The first-order chi connectivity index (χ1) is 6.77. The summed E-state index contributed by atoms with van der Waals surface area (Å²) in [7, 11) is 0. The van der Waals surface area contributed by atoms with E-state index in [4.69, 9.17) is 11.3 Å². The number of allylic oxidation sites excluding steroid dienone is 1. The fourth-order valence-electron chi connectivity index (χ4n) is 1.45. The third-order valence-electron chi connectivity index (χ3n) is 2.27. The highest BCUT2D eigenvalue weighted by Crippen LogP contribution is 2.10. The predicted octanol–water partition coefficient (Wildman–Crippen LogP) is 1.19. The number of hydrogen-bond acceptors (Lipinski definition) is 2. The number of dihydropyridines is 1. The zero-order chi connectivity index (χ0) is 10.4. The van der Waals surface area contributed by atoms with Gasteiger partial charge in [0.1, 0.15) is 6.54 Å². The van der Waals surface area contributed by atoms with Crippen LogP contribution in [0.15, 0.2) is 16.6 Å². The summed E-state index contributed by atoms with van der Waals surface area (Å²) in [6, 6.07) is 0. The molecule has 4 nitrogen and oxygen atoms in total. The number of unbranched alkanes of at least 4 members (excludes halogenated alkanes) is 1. The molecule has 0 aromatic rings. The second kappa shape index (κ2) is 5.47. The molecule has 0 saturated carbocycles. The summed E-state index contributed by atoms with van der Waals surface area (Å²) < 4.78 is 0. The van der Waals surface area contributed by atoms with E-state index < -0.39 is 0 Å². The molecule has 1 rings (SSSR count). The summed E-state index contributed by atoms with van der Waals surface area (Å²) >= 11 is 0. The van der Waals surface area contributed by atoms with Crippen molar-refractivity contribution in [2.75, 3.05) is 13.1 Å². The fraction of sp³-hybridized carbons (Fsp3) is 0.600. The van der Waals surface area contributed by atoms with Crippen molar-refractivity contribution in [1.29, 1.82) is 0 Å². The lowest BCUT2D eigenvalue weighted by Crippen LogP contribution is -2.14. The molecule has 76 valence electrons. The van der Waals surface area contributed by atoms with Crippen molar-refractivity contribution in [3.8, 4) is 0 Å². The molecule has 0 aromatic carbocycles. The molecule has 0 amide bonds. The SMILES string of the molecule is CC1=CC(=[N+]=[N-])CN=C1CCCCN. The minimum Gasteiger partial charge on any atom is -0.361 e. The van der Waals surface area contributed by atoms with E-state index in [0.717, 1.165) is 37.1 Å². The van der Waals surface area contributed by atoms with Crippen molar-refractivity contribution in [3.63, 3.8) is 0 Å². The summed E-state index contributed by atoms with van der Waals surface area (Å²) in [4.78, 5) is 7.49. The van der Waals surface area contributed by atoms with E-state index in [1.807, 2.05) is 13.0 Å². The Hall–Kier alpha value is -1.25. The molecule has 0 unspecified atom stereocenters. The third kappa shape index (κ3) is 2.91. The Kier molecular flexibility index (Phi) is 4.23. The molecular weight excluding hydrogens is 176 g/mol. The zero-order valence-electron chi connectivity index (χ0n) is 8.53. The molecule has 0 saturated heterocycles. The second-order valence-electron chi connectivity index (χ2n) is 3.43. The lowest BCUT2D eigenvalue weighted by atomic mass is 10.0. The van der Waals surface area contributed by atoms with E-state index in [0.29, 0.717) is 12.3 Å². The number of hydrogen-bond donors (Lipinski definition) is 1. The smallest absolute Gasteiger partial charge is 0.313 e. The van der Waals surface area contributed by atoms with Gasteiger partial charge < -0.3 is 11.3 Å². The highest BCUT2D eigenvalue weighted by molar-refractivity contribution is 6.09. The first-order valence-corrected chi connectivity index (χ1v) is 4.91. The van der Waals surface area contributed by atoms with Gasteiger partial charge in [-0.3, -0.25) is 4.99 Å². The van der Waals surface area contributed by atoms with Gasteiger partial charge in [0.05, 0.1) is 0 Å². The molecule has 2 N–H and O–H groups in total. The van der Waals surface area contributed by atoms with Crippen LogP contribution >= 0.6 is 0 Å². The van der Waals surface area contributed by atoms with Gasteiger partial charge >= 0.3 is 5.71 Å². The van der Waals surface area contributed by atoms with E-state index in [1.165, 1.54) is 0 Å². The van der Waals surface area contributed by atoms with Crippen LogP contribution in [0.1, 0.15) is 26.2 Å². The van der Waals surface area contributed by atoms with Gasteiger partial charge in [0.2, 0.25) is 0 Å². The number of nitrogens with zero attached hydrogens (tertiary/aromatic N) is 3. The van der Waals surface area contributed by atoms with Crippen LogP contribution in [0.5, 0.6) is 0 Å². The van der Waals surface area contributed by atoms with Crippen molar-refractivity contribution in [2.24, 2.45) is 10.7 Å². The van der Waals surface area contributed by atoms with Crippen LogP contribution in [0, 0.1) is 0 Å². The fourth-order valence-corrected chi connectivity index (χ4v) is 1.45. The minimum atomic E-state index is 0.492. The predicted molar refractivity (Wildman–Crippen MR) is 57.6 cm³/mol. The monoisotopic (exact) mass is 192 g/mol. The third-order valence-corrected chi connectivity index (χ3v) is 2.27. The maximum absolute atomic E-state index is 8.57. The lowest BCUT2D eigenvalue weighted by Gasteiger charge is -2.08. The molecular formula is C10H16N4. The van der Waals surface area contributed by atoms with E-state index >= 15 is 0 Å². The molecule has 0 aromatic heterocycles. The topological polar surface area (TPSA) is 74.8 Å². The molecule has 0 bridgehead atoms. The Labute approximate surface area is 84.1 Å². The summed E-state index contributed by atoms with van der Waals surface area (Å²) in [5, 5.41) is 0. The van der Waals surface area contributed by atoms with Gasteiger partial charge in [-0.1, -0.05) is 0 Å². The minimum absolute atomic E-state index is 0.492. The molecule has 0 atom stereocenters. The summed E-state index contributed by atoms with van der Waals surface area (Å²) in [5.41, 5.74) is 16.8. The first kappa shape index (κ1) is 10.8. The van der Waals surface area contributed by atoms with Crippen LogP contribution in [0.2, 0.25) is 0 Å². The van der Waals surface area contributed by atoms with Crippen LogP contribution in [0.4, 0.5) is 0 Å². The Morgan fingerprint density at radius 1 is 1.57 bits per heavy atom. The first-order valence-electron chi connectivity index (χ1n) is 4.91. The number of aliphatic imine (C=N–C) groups is 1. The molecule has 1 aliphatic heterocycles. The standard InChI is InChI=1S/C10H16N4/c1-8-6-9(14-12)7-13-10(8)4-2-3-5-11/h6H,2-5,7,11H2,1H3. The van der Waals surface area contributed by atoms with Crippen LogP contribution in [0.3, 0.4) is 0 Å². The Balaban J connectivity index is 2.53. The molecule has 0 aliphatic carbocycles. The van der Waals surface area contributed by atoms with Crippen LogP contribution in [-0.2, 0) is 0 Å². The normalized spacial score (nSPS) is 16.0. The molecule has 1 aliphatic rings. The van der Waals surface area contributed by atoms with E-state index in [2.05, 4.69) is 9.78 Å².